The van der Waals surface area contributed by atoms with Crippen LogP contribution in [0.15, 0.2) is 41.7 Å². The standard InChI is InChI=1S/C16H21Cl2N5.HI/c1-19-16(21-9-11-23-10-3-8-22-23)20-7-2-4-13-5-6-14(17)12-15(13)18;/h3,5-6,8,10,12H,2,4,7,9,11H2,1H3,(H2,19,20,21);1H. The summed E-state index contributed by atoms with van der Waals surface area (Å²) in [6.07, 6.45) is 5.57. The van der Waals surface area contributed by atoms with Crippen molar-refractivity contribution in [3.8, 4) is 0 Å². The van der Waals surface area contributed by atoms with Crippen molar-refractivity contribution in [2.24, 2.45) is 4.99 Å². The summed E-state index contributed by atoms with van der Waals surface area (Å²) in [5, 5.41) is 12.1. The van der Waals surface area contributed by atoms with E-state index in [-0.39, 0.29) is 24.0 Å². The van der Waals surface area contributed by atoms with Crippen LogP contribution in [0.3, 0.4) is 0 Å². The van der Waals surface area contributed by atoms with Crippen molar-refractivity contribution in [2.75, 3.05) is 20.1 Å². The van der Waals surface area contributed by atoms with Gasteiger partial charge in [-0.15, -0.1) is 24.0 Å². The molecule has 0 atom stereocenters. The predicted octanol–water partition coefficient (Wildman–Crippen LogP) is 3.61. The van der Waals surface area contributed by atoms with Crippen LogP contribution in [0.4, 0.5) is 0 Å². The normalized spacial score (nSPS) is 11.0. The molecule has 0 aliphatic rings. The molecule has 0 spiro atoms. The van der Waals surface area contributed by atoms with Gasteiger partial charge in [-0.05, 0) is 36.6 Å². The first kappa shape index (κ1) is 21.1. The molecule has 0 saturated heterocycles. The summed E-state index contributed by atoms with van der Waals surface area (Å²) in [5.74, 6) is 0.791. The molecule has 132 valence electrons. The first-order chi connectivity index (χ1) is 11.2. The van der Waals surface area contributed by atoms with Crippen molar-refractivity contribution < 1.29 is 0 Å². The first-order valence-corrected chi connectivity index (χ1v) is 8.30. The van der Waals surface area contributed by atoms with Crippen molar-refractivity contribution >= 4 is 53.1 Å². The van der Waals surface area contributed by atoms with Gasteiger partial charge in [-0.25, -0.2) is 0 Å². The van der Waals surface area contributed by atoms with Crippen LogP contribution in [-0.2, 0) is 13.0 Å². The van der Waals surface area contributed by atoms with Crippen molar-refractivity contribution in [3.63, 3.8) is 0 Å². The molecule has 2 rings (SSSR count). The van der Waals surface area contributed by atoms with Crippen molar-refractivity contribution in [1.82, 2.24) is 20.4 Å². The summed E-state index contributed by atoms with van der Waals surface area (Å²) in [6, 6.07) is 7.53. The van der Waals surface area contributed by atoms with Crippen LogP contribution >= 0.6 is 47.2 Å². The quantitative estimate of drug-likeness (QED) is 0.275. The molecule has 1 aromatic carbocycles. The van der Waals surface area contributed by atoms with Gasteiger partial charge in [-0.3, -0.25) is 9.67 Å². The molecule has 8 heteroatoms. The minimum absolute atomic E-state index is 0. The van der Waals surface area contributed by atoms with Gasteiger partial charge in [0.05, 0.1) is 6.54 Å². The number of hydrogen-bond donors (Lipinski definition) is 2. The van der Waals surface area contributed by atoms with Gasteiger partial charge in [0.15, 0.2) is 5.96 Å². The second kappa shape index (κ2) is 11.5. The number of rotatable bonds is 7. The Kier molecular flexibility index (Phi) is 10.1. The lowest BCUT2D eigenvalue weighted by molar-refractivity contribution is 0.597. The molecule has 0 amide bonds. The Morgan fingerprint density at radius 1 is 1.25 bits per heavy atom. The maximum absolute atomic E-state index is 6.17. The number of aliphatic imine (C=N–C) groups is 1. The highest BCUT2D eigenvalue weighted by Gasteiger charge is 2.02. The number of halogens is 3. The van der Waals surface area contributed by atoms with Crippen LogP contribution in [0.2, 0.25) is 10.0 Å². The SMILES string of the molecule is CN=C(NCCCc1ccc(Cl)cc1Cl)NCCn1cccn1.I. The molecule has 2 N–H and O–H groups in total. The van der Waals surface area contributed by atoms with E-state index in [1.165, 1.54) is 0 Å². The van der Waals surface area contributed by atoms with Gasteiger partial charge in [0.25, 0.3) is 0 Å². The Morgan fingerprint density at radius 3 is 2.71 bits per heavy atom. The summed E-state index contributed by atoms with van der Waals surface area (Å²) < 4.78 is 1.88. The average molecular weight is 482 g/mol. The molecule has 0 fully saturated rings. The van der Waals surface area contributed by atoms with E-state index in [9.17, 15) is 0 Å². The van der Waals surface area contributed by atoms with Gasteiger partial charge in [0.2, 0.25) is 0 Å². The zero-order valence-electron chi connectivity index (χ0n) is 13.5. The molecule has 0 aliphatic carbocycles. The fourth-order valence-electron chi connectivity index (χ4n) is 2.15. The average Bonchev–Trinajstić information content (AvgIpc) is 3.04. The Morgan fingerprint density at radius 2 is 2.04 bits per heavy atom. The molecular weight excluding hydrogens is 460 g/mol. The second-order valence-corrected chi connectivity index (χ2v) is 5.88. The molecule has 0 unspecified atom stereocenters. The van der Waals surface area contributed by atoms with Crippen molar-refractivity contribution in [3.05, 3.63) is 52.3 Å². The van der Waals surface area contributed by atoms with Crippen molar-refractivity contribution in [2.45, 2.75) is 19.4 Å². The molecule has 0 aliphatic heterocycles. The van der Waals surface area contributed by atoms with E-state index in [0.717, 1.165) is 49.0 Å². The summed E-state index contributed by atoms with van der Waals surface area (Å²) in [6.45, 7) is 2.39. The van der Waals surface area contributed by atoms with Crippen LogP contribution in [0.25, 0.3) is 0 Å². The lowest BCUT2D eigenvalue weighted by Crippen LogP contribution is -2.39. The second-order valence-electron chi connectivity index (χ2n) is 5.03. The first-order valence-electron chi connectivity index (χ1n) is 7.55. The highest BCUT2D eigenvalue weighted by molar-refractivity contribution is 14.0. The monoisotopic (exact) mass is 481 g/mol. The van der Waals surface area contributed by atoms with E-state index >= 15 is 0 Å². The molecule has 1 aromatic heterocycles. The molecule has 1 heterocycles. The van der Waals surface area contributed by atoms with Crippen LogP contribution < -0.4 is 10.6 Å². The van der Waals surface area contributed by atoms with E-state index in [1.807, 2.05) is 29.1 Å². The number of guanidine groups is 1. The lowest BCUT2D eigenvalue weighted by atomic mass is 10.1. The topological polar surface area (TPSA) is 54.2 Å². The van der Waals surface area contributed by atoms with Crippen LogP contribution in [0, 0.1) is 0 Å². The summed E-state index contributed by atoms with van der Waals surface area (Å²) >= 11 is 12.1. The minimum atomic E-state index is 0. The van der Waals surface area contributed by atoms with Crippen LogP contribution in [-0.4, -0.2) is 35.9 Å². The molecular formula is C16H22Cl2IN5. The molecule has 0 saturated carbocycles. The molecule has 0 bridgehead atoms. The third-order valence-corrected chi connectivity index (χ3v) is 3.93. The van der Waals surface area contributed by atoms with Gasteiger partial charge in [0.1, 0.15) is 0 Å². The Bertz CT molecular complexity index is 631. The van der Waals surface area contributed by atoms with Gasteiger partial charge in [-0.2, -0.15) is 5.10 Å². The Labute approximate surface area is 169 Å². The van der Waals surface area contributed by atoms with Crippen LogP contribution in [0.1, 0.15) is 12.0 Å². The third-order valence-electron chi connectivity index (χ3n) is 3.35. The van der Waals surface area contributed by atoms with E-state index < -0.39 is 0 Å². The number of aromatic nitrogens is 2. The van der Waals surface area contributed by atoms with E-state index in [4.69, 9.17) is 23.2 Å². The number of nitrogens with one attached hydrogen (secondary N) is 2. The van der Waals surface area contributed by atoms with Gasteiger partial charge >= 0.3 is 0 Å². The van der Waals surface area contributed by atoms with Gasteiger partial charge < -0.3 is 10.6 Å². The number of nitrogens with zero attached hydrogens (tertiary/aromatic N) is 3. The maximum Gasteiger partial charge on any atom is 0.191 e. The highest BCUT2D eigenvalue weighted by Crippen LogP contribution is 2.21. The molecule has 2 aromatic rings. The fourth-order valence-corrected chi connectivity index (χ4v) is 2.66. The number of hydrogen-bond acceptors (Lipinski definition) is 2. The summed E-state index contributed by atoms with van der Waals surface area (Å²) in [5.41, 5.74) is 1.11. The van der Waals surface area contributed by atoms with E-state index in [1.54, 1.807) is 19.3 Å². The number of aryl methyl sites for hydroxylation is 1. The minimum Gasteiger partial charge on any atom is -0.356 e. The predicted molar refractivity (Wildman–Crippen MR) is 112 cm³/mol. The lowest BCUT2D eigenvalue weighted by Gasteiger charge is -2.12. The van der Waals surface area contributed by atoms with Crippen LogP contribution in [0.5, 0.6) is 0 Å². The smallest absolute Gasteiger partial charge is 0.191 e. The largest absolute Gasteiger partial charge is 0.356 e. The Balaban J connectivity index is 0.00000288. The number of benzene rings is 1. The van der Waals surface area contributed by atoms with E-state index in [2.05, 4.69) is 20.7 Å². The van der Waals surface area contributed by atoms with Gasteiger partial charge in [-0.1, -0.05) is 29.3 Å². The molecule has 0 radical (unpaired) electrons. The summed E-state index contributed by atoms with van der Waals surface area (Å²) in [4.78, 5) is 4.20. The highest BCUT2D eigenvalue weighted by atomic mass is 127. The van der Waals surface area contributed by atoms with E-state index in [0.29, 0.717) is 5.02 Å². The molecule has 5 nitrogen and oxygen atoms in total. The zero-order valence-corrected chi connectivity index (χ0v) is 17.3. The Hall–Kier alpha value is -0.990. The molecule has 24 heavy (non-hydrogen) atoms. The van der Waals surface area contributed by atoms with Gasteiger partial charge in [0, 0.05) is 42.6 Å². The zero-order chi connectivity index (χ0) is 16.5. The summed E-state index contributed by atoms with van der Waals surface area (Å²) in [7, 11) is 1.76. The third kappa shape index (κ3) is 7.27. The fraction of sp³-hybridized carbons (Fsp3) is 0.375. The van der Waals surface area contributed by atoms with Crippen molar-refractivity contribution in [1.29, 1.82) is 0 Å². The maximum atomic E-state index is 6.17.